The summed E-state index contributed by atoms with van der Waals surface area (Å²) >= 11 is 0. The Morgan fingerprint density at radius 3 is 2.56 bits per heavy atom. The van der Waals surface area contributed by atoms with Gasteiger partial charge in [0.2, 0.25) is 0 Å². The Bertz CT molecular complexity index is 69.5. The number of hydrogen-bond donors (Lipinski definition) is 1. The van der Waals surface area contributed by atoms with Gasteiger partial charge in [-0.15, -0.1) is 12.4 Å². The first-order valence-electron chi connectivity index (χ1n) is 3.18. The first kappa shape index (κ1) is 9.21. The van der Waals surface area contributed by atoms with Gasteiger partial charge >= 0.3 is 0 Å². The summed E-state index contributed by atoms with van der Waals surface area (Å²) < 4.78 is 5.27. The van der Waals surface area contributed by atoms with Crippen LogP contribution in [-0.4, -0.2) is 18.8 Å². The molecule has 0 radical (unpaired) electrons. The van der Waals surface area contributed by atoms with Crippen LogP contribution < -0.4 is 5.73 Å². The Morgan fingerprint density at radius 1 is 1.56 bits per heavy atom. The molecule has 0 aromatic rings. The van der Waals surface area contributed by atoms with Crippen molar-refractivity contribution in [2.75, 3.05) is 6.61 Å². The highest BCUT2D eigenvalue weighted by Gasteiger charge is 2.16. The van der Waals surface area contributed by atoms with E-state index in [0.717, 1.165) is 19.4 Å². The van der Waals surface area contributed by atoms with Gasteiger partial charge in [-0.25, -0.2) is 0 Å². The Morgan fingerprint density at radius 2 is 2.22 bits per heavy atom. The van der Waals surface area contributed by atoms with Crippen LogP contribution in [0.1, 0.15) is 19.8 Å². The van der Waals surface area contributed by atoms with E-state index in [1.165, 1.54) is 0 Å². The maximum absolute atomic E-state index is 5.65. The molecule has 0 bridgehead atoms. The van der Waals surface area contributed by atoms with Gasteiger partial charge in [-0.1, -0.05) is 0 Å². The highest BCUT2D eigenvalue weighted by atomic mass is 35.5. The lowest BCUT2D eigenvalue weighted by Gasteiger charge is -2.25. The molecule has 1 rings (SSSR count). The molecule has 1 aliphatic heterocycles. The van der Waals surface area contributed by atoms with E-state index in [0.29, 0.717) is 0 Å². The molecule has 0 amide bonds. The zero-order valence-electron chi connectivity index (χ0n) is 5.67. The van der Waals surface area contributed by atoms with Gasteiger partial charge in [0.25, 0.3) is 0 Å². The van der Waals surface area contributed by atoms with Crippen LogP contribution in [0.15, 0.2) is 0 Å². The SMILES string of the molecule is CC1OCCCC1N.Cl. The van der Waals surface area contributed by atoms with Gasteiger partial charge in [0.1, 0.15) is 0 Å². The molecule has 2 N–H and O–H groups in total. The Kier molecular flexibility index (Phi) is 4.19. The highest BCUT2D eigenvalue weighted by molar-refractivity contribution is 5.85. The average molecular weight is 152 g/mol. The molecule has 0 aromatic heterocycles. The molecule has 0 spiro atoms. The van der Waals surface area contributed by atoms with Crippen LogP contribution in [0, 0.1) is 0 Å². The van der Waals surface area contributed by atoms with Gasteiger partial charge in [0.05, 0.1) is 6.10 Å². The maximum atomic E-state index is 5.65. The molecule has 2 atom stereocenters. The van der Waals surface area contributed by atoms with Crippen LogP contribution in [0.2, 0.25) is 0 Å². The van der Waals surface area contributed by atoms with E-state index >= 15 is 0 Å². The van der Waals surface area contributed by atoms with Crippen LogP contribution in [0.5, 0.6) is 0 Å². The number of ether oxygens (including phenoxy) is 1. The normalized spacial score (nSPS) is 35.3. The Balaban J connectivity index is 0.000000640. The smallest absolute Gasteiger partial charge is 0.0697 e. The summed E-state index contributed by atoms with van der Waals surface area (Å²) in [5, 5.41) is 0. The molecule has 0 aromatic carbocycles. The van der Waals surface area contributed by atoms with Crippen molar-refractivity contribution in [3.05, 3.63) is 0 Å². The standard InChI is InChI=1S/C6H13NO.ClH/c1-5-6(7)3-2-4-8-5;/h5-6H,2-4,7H2,1H3;1H. The van der Waals surface area contributed by atoms with Crippen LogP contribution >= 0.6 is 12.4 Å². The number of rotatable bonds is 0. The van der Waals surface area contributed by atoms with E-state index in [9.17, 15) is 0 Å². The summed E-state index contributed by atoms with van der Waals surface area (Å²) in [6.07, 6.45) is 2.54. The summed E-state index contributed by atoms with van der Waals surface area (Å²) in [6.45, 7) is 2.93. The molecule has 0 saturated carbocycles. The zero-order chi connectivity index (χ0) is 5.98. The molecular formula is C6H14ClNO. The van der Waals surface area contributed by atoms with E-state index in [1.54, 1.807) is 0 Å². The van der Waals surface area contributed by atoms with Crippen molar-refractivity contribution in [1.82, 2.24) is 0 Å². The minimum absolute atomic E-state index is 0. The van der Waals surface area contributed by atoms with Crippen molar-refractivity contribution >= 4 is 12.4 Å². The number of hydrogen-bond acceptors (Lipinski definition) is 2. The third-order valence-corrected chi connectivity index (χ3v) is 1.67. The number of nitrogens with two attached hydrogens (primary N) is 1. The van der Waals surface area contributed by atoms with Crippen molar-refractivity contribution in [1.29, 1.82) is 0 Å². The molecule has 2 unspecified atom stereocenters. The van der Waals surface area contributed by atoms with Gasteiger partial charge in [-0.3, -0.25) is 0 Å². The molecule has 9 heavy (non-hydrogen) atoms. The topological polar surface area (TPSA) is 35.2 Å². The largest absolute Gasteiger partial charge is 0.377 e. The molecule has 0 aliphatic carbocycles. The Hall–Kier alpha value is 0.210. The summed E-state index contributed by atoms with van der Waals surface area (Å²) in [5.41, 5.74) is 5.65. The van der Waals surface area contributed by atoms with Crippen molar-refractivity contribution in [3.63, 3.8) is 0 Å². The van der Waals surface area contributed by atoms with E-state index in [4.69, 9.17) is 10.5 Å². The molecule has 56 valence electrons. The van der Waals surface area contributed by atoms with Crippen molar-refractivity contribution < 1.29 is 4.74 Å². The molecule has 1 aliphatic rings. The van der Waals surface area contributed by atoms with Crippen LogP contribution in [0.25, 0.3) is 0 Å². The summed E-state index contributed by atoms with van der Waals surface area (Å²) in [6, 6.07) is 0.281. The number of halogens is 1. The van der Waals surface area contributed by atoms with Gasteiger partial charge in [-0.05, 0) is 19.8 Å². The second kappa shape index (κ2) is 4.09. The quantitative estimate of drug-likeness (QED) is 0.559. The molecule has 1 fully saturated rings. The van der Waals surface area contributed by atoms with E-state index in [2.05, 4.69) is 0 Å². The van der Waals surface area contributed by atoms with Crippen LogP contribution in [0.4, 0.5) is 0 Å². The lowest BCUT2D eigenvalue weighted by molar-refractivity contribution is 0.0138. The lowest BCUT2D eigenvalue weighted by atomic mass is 10.1. The fourth-order valence-electron chi connectivity index (χ4n) is 0.947. The minimum atomic E-state index is 0. The summed E-state index contributed by atoms with van der Waals surface area (Å²) in [5.74, 6) is 0. The second-order valence-electron chi connectivity index (χ2n) is 2.38. The predicted molar refractivity (Wildman–Crippen MR) is 39.9 cm³/mol. The van der Waals surface area contributed by atoms with Crippen LogP contribution in [-0.2, 0) is 4.74 Å². The Labute approximate surface area is 62.2 Å². The van der Waals surface area contributed by atoms with Gasteiger partial charge < -0.3 is 10.5 Å². The lowest BCUT2D eigenvalue weighted by Crippen LogP contribution is -2.38. The predicted octanol–water partition coefficient (Wildman–Crippen LogP) is 0.934. The summed E-state index contributed by atoms with van der Waals surface area (Å²) in [4.78, 5) is 0. The third kappa shape index (κ3) is 2.52. The van der Waals surface area contributed by atoms with Gasteiger partial charge in [0, 0.05) is 12.6 Å². The first-order chi connectivity index (χ1) is 3.80. The summed E-state index contributed by atoms with van der Waals surface area (Å²) in [7, 11) is 0. The van der Waals surface area contributed by atoms with Crippen molar-refractivity contribution in [3.8, 4) is 0 Å². The monoisotopic (exact) mass is 151 g/mol. The van der Waals surface area contributed by atoms with E-state index in [1.807, 2.05) is 6.92 Å². The first-order valence-corrected chi connectivity index (χ1v) is 3.18. The van der Waals surface area contributed by atoms with Gasteiger partial charge in [-0.2, -0.15) is 0 Å². The minimum Gasteiger partial charge on any atom is -0.377 e. The fourth-order valence-corrected chi connectivity index (χ4v) is 0.947. The fraction of sp³-hybridized carbons (Fsp3) is 1.00. The zero-order valence-corrected chi connectivity index (χ0v) is 6.49. The van der Waals surface area contributed by atoms with Crippen molar-refractivity contribution in [2.45, 2.75) is 31.9 Å². The highest BCUT2D eigenvalue weighted by Crippen LogP contribution is 2.10. The maximum Gasteiger partial charge on any atom is 0.0697 e. The molecule has 1 saturated heterocycles. The molecular weight excluding hydrogens is 138 g/mol. The molecule has 1 heterocycles. The average Bonchev–Trinajstić information content (AvgIpc) is 1.77. The van der Waals surface area contributed by atoms with Crippen molar-refractivity contribution in [2.24, 2.45) is 5.73 Å². The van der Waals surface area contributed by atoms with E-state index in [-0.39, 0.29) is 24.6 Å². The molecule has 3 heteroatoms. The third-order valence-electron chi connectivity index (χ3n) is 1.67. The second-order valence-corrected chi connectivity index (χ2v) is 2.38. The van der Waals surface area contributed by atoms with Crippen LogP contribution in [0.3, 0.4) is 0 Å². The van der Waals surface area contributed by atoms with Gasteiger partial charge in [0.15, 0.2) is 0 Å². The van der Waals surface area contributed by atoms with E-state index < -0.39 is 0 Å². The molecule has 2 nitrogen and oxygen atoms in total.